The molecule has 0 saturated carbocycles. The fourth-order valence-electron chi connectivity index (χ4n) is 1.60. The summed E-state index contributed by atoms with van der Waals surface area (Å²) in [6.45, 7) is 1.65. The first kappa shape index (κ1) is 18.1. The van der Waals surface area contributed by atoms with E-state index in [0.29, 0.717) is 6.61 Å². The van der Waals surface area contributed by atoms with Crippen LogP contribution in [0.3, 0.4) is 0 Å². The van der Waals surface area contributed by atoms with Gasteiger partial charge in [0.05, 0.1) is 17.1 Å². The zero-order valence-electron chi connectivity index (χ0n) is 12.2. The molecule has 0 aliphatic rings. The Balaban J connectivity index is 2.54. The molecule has 0 radical (unpaired) electrons. The van der Waals surface area contributed by atoms with Gasteiger partial charge in [0, 0.05) is 13.2 Å². The molecule has 1 unspecified atom stereocenters. The highest BCUT2D eigenvalue weighted by atomic mass is 32.2. The lowest BCUT2D eigenvalue weighted by atomic mass is 10.2. The zero-order chi connectivity index (χ0) is 16.8. The normalized spacial score (nSPS) is 12.5. The van der Waals surface area contributed by atoms with Gasteiger partial charge in [0.15, 0.2) is 6.61 Å². The second-order valence-corrected chi connectivity index (χ2v) is 6.13. The van der Waals surface area contributed by atoms with Crippen LogP contribution in [0.2, 0.25) is 0 Å². The second-order valence-electron chi connectivity index (χ2n) is 4.57. The molecule has 1 amide bonds. The van der Waals surface area contributed by atoms with Crippen molar-refractivity contribution >= 4 is 21.9 Å². The Bertz CT molecular complexity index is 626. The van der Waals surface area contributed by atoms with Gasteiger partial charge in [0.2, 0.25) is 10.0 Å². The number of primary sulfonamides is 1. The summed E-state index contributed by atoms with van der Waals surface area (Å²) in [6, 6.07) is 4.69. The van der Waals surface area contributed by atoms with Gasteiger partial charge in [0.1, 0.15) is 0 Å². The Hall–Kier alpha value is -1.97. The van der Waals surface area contributed by atoms with Crippen LogP contribution in [0.4, 0.5) is 0 Å². The summed E-state index contributed by atoms with van der Waals surface area (Å²) < 4.78 is 31.8. The molecular weight excluding hydrogens is 312 g/mol. The highest BCUT2D eigenvalue weighted by molar-refractivity contribution is 7.89. The van der Waals surface area contributed by atoms with Crippen LogP contribution in [0.5, 0.6) is 0 Å². The maximum Gasteiger partial charge on any atom is 0.338 e. The van der Waals surface area contributed by atoms with Crippen LogP contribution >= 0.6 is 0 Å². The topological polar surface area (TPSA) is 125 Å². The number of benzene rings is 1. The third-order valence-corrected chi connectivity index (χ3v) is 3.51. The monoisotopic (exact) mass is 330 g/mol. The molecule has 0 heterocycles. The van der Waals surface area contributed by atoms with E-state index in [1.807, 2.05) is 0 Å². The molecule has 9 heteroatoms. The van der Waals surface area contributed by atoms with Gasteiger partial charge in [-0.3, -0.25) is 4.79 Å². The molecule has 0 saturated heterocycles. The van der Waals surface area contributed by atoms with E-state index in [2.05, 4.69) is 5.32 Å². The molecule has 0 aliphatic heterocycles. The van der Waals surface area contributed by atoms with Crippen molar-refractivity contribution in [3.63, 3.8) is 0 Å². The van der Waals surface area contributed by atoms with Gasteiger partial charge in [-0.2, -0.15) is 0 Å². The van der Waals surface area contributed by atoms with Crippen molar-refractivity contribution in [3.8, 4) is 0 Å². The lowest BCUT2D eigenvalue weighted by Crippen LogP contribution is -2.38. The highest BCUT2D eigenvalue weighted by Crippen LogP contribution is 2.09. The van der Waals surface area contributed by atoms with E-state index in [9.17, 15) is 18.0 Å². The van der Waals surface area contributed by atoms with Crippen molar-refractivity contribution in [2.24, 2.45) is 5.14 Å². The number of esters is 1. The van der Waals surface area contributed by atoms with Crippen LogP contribution < -0.4 is 10.5 Å². The molecule has 1 rings (SSSR count). The molecule has 1 aromatic carbocycles. The van der Waals surface area contributed by atoms with E-state index in [-0.39, 0.29) is 16.5 Å². The summed E-state index contributed by atoms with van der Waals surface area (Å²) in [5.74, 6) is -1.20. The van der Waals surface area contributed by atoms with Crippen molar-refractivity contribution in [2.75, 3.05) is 20.3 Å². The van der Waals surface area contributed by atoms with Gasteiger partial charge >= 0.3 is 5.97 Å². The average Bonchev–Trinajstić information content (AvgIpc) is 2.44. The molecular formula is C13H18N2O6S. The first-order valence-electron chi connectivity index (χ1n) is 6.32. The predicted molar refractivity (Wildman–Crippen MR) is 77.6 cm³/mol. The molecule has 8 nitrogen and oxygen atoms in total. The summed E-state index contributed by atoms with van der Waals surface area (Å²) >= 11 is 0. The number of carbonyl (C=O) groups excluding carboxylic acids is 2. The third kappa shape index (κ3) is 5.80. The zero-order valence-corrected chi connectivity index (χ0v) is 13.1. The van der Waals surface area contributed by atoms with Crippen LogP contribution in [0.25, 0.3) is 0 Å². The Morgan fingerprint density at radius 3 is 2.36 bits per heavy atom. The maximum absolute atomic E-state index is 11.7. The predicted octanol–water partition coefficient (Wildman–Crippen LogP) is -0.358. The number of nitrogens with two attached hydrogens (primary N) is 1. The van der Waals surface area contributed by atoms with Crippen LogP contribution in [0.15, 0.2) is 29.2 Å². The van der Waals surface area contributed by atoms with Crippen molar-refractivity contribution in [2.45, 2.75) is 17.9 Å². The van der Waals surface area contributed by atoms with Crippen molar-refractivity contribution in [1.82, 2.24) is 5.32 Å². The van der Waals surface area contributed by atoms with Gasteiger partial charge < -0.3 is 14.8 Å². The Morgan fingerprint density at radius 2 is 1.86 bits per heavy atom. The number of rotatable bonds is 7. The van der Waals surface area contributed by atoms with E-state index < -0.39 is 28.5 Å². The summed E-state index contributed by atoms with van der Waals surface area (Å²) in [6.07, 6.45) is 0. The van der Waals surface area contributed by atoms with E-state index in [1.165, 1.54) is 31.4 Å². The third-order valence-electron chi connectivity index (χ3n) is 2.58. The van der Waals surface area contributed by atoms with E-state index >= 15 is 0 Å². The standard InChI is InChI=1S/C13H18N2O6S/c1-9(7-20-2)15-12(16)8-21-13(17)10-3-5-11(6-4-10)22(14,18)19/h3-6,9H,7-8H2,1-2H3,(H,15,16)(H2,14,18,19). The lowest BCUT2D eigenvalue weighted by molar-refractivity contribution is -0.125. The van der Waals surface area contributed by atoms with Crippen molar-refractivity contribution in [3.05, 3.63) is 29.8 Å². The van der Waals surface area contributed by atoms with E-state index in [0.717, 1.165) is 0 Å². The fourth-order valence-corrected chi connectivity index (χ4v) is 2.12. The van der Waals surface area contributed by atoms with E-state index in [1.54, 1.807) is 6.92 Å². The van der Waals surface area contributed by atoms with Gasteiger partial charge in [-0.15, -0.1) is 0 Å². The van der Waals surface area contributed by atoms with Crippen LogP contribution in [-0.4, -0.2) is 46.7 Å². The highest BCUT2D eigenvalue weighted by Gasteiger charge is 2.13. The largest absolute Gasteiger partial charge is 0.452 e. The summed E-state index contributed by atoms with van der Waals surface area (Å²) in [5, 5.41) is 7.52. The number of amides is 1. The number of carbonyl (C=O) groups is 2. The molecule has 122 valence electrons. The number of nitrogens with one attached hydrogen (secondary N) is 1. The Morgan fingerprint density at radius 1 is 1.27 bits per heavy atom. The number of sulfonamides is 1. The lowest BCUT2D eigenvalue weighted by Gasteiger charge is -2.12. The summed E-state index contributed by atoms with van der Waals surface area (Å²) in [4.78, 5) is 23.1. The minimum atomic E-state index is -3.82. The quantitative estimate of drug-likeness (QED) is 0.658. The molecule has 0 spiro atoms. The second kappa shape index (κ2) is 7.87. The van der Waals surface area contributed by atoms with Gasteiger partial charge in [-0.25, -0.2) is 18.4 Å². The fraction of sp³-hybridized carbons (Fsp3) is 0.385. The maximum atomic E-state index is 11.7. The van der Waals surface area contributed by atoms with E-state index in [4.69, 9.17) is 14.6 Å². The molecule has 1 atom stereocenters. The van der Waals surface area contributed by atoms with Crippen LogP contribution in [-0.2, 0) is 24.3 Å². The first-order chi connectivity index (χ1) is 10.2. The Kier molecular flexibility index (Phi) is 6.47. The van der Waals surface area contributed by atoms with Crippen LogP contribution in [0.1, 0.15) is 17.3 Å². The minimum Gasteiger partial charge on any atom is -0.452 e. The molecule has 1 aromatic rings. The molecule has 0 bridgehead atoms. The molecule has 0 fully saturated rings. The first-order valence-corrected chi connectivity index (χ1v) is 7.87. The molecule has 0 aliphatic carbocycles. The molecule has 0 aromatic heterocycles. The number of methoxy groups -OCH3 is 1. The summed E-state index contributed by atoms with van der Waals surface area (Å²) in [5.41, 5.74) is 0.116. The SMILES string of the molecule is COCC(C)NC(=O)COC(=O)c1ccc(S(N)(=O)=O)cc1. The smallest absolute Gasteiger partial charge is 0.338 e. The molecule has 3 N–H and O–H groups in total. The molecule has 22 heavy (non-hydrogen) atoms. The average molecular weight is 330 g/mol. The van der Waals surface area contributed by atoms with Gasteiger partial charge in [0.25, 0.3) is 5.91 Å². The van der Waals surface area contributed by atoms with Crippen molar-refractivity contribution < 1.29 is 27.5 Å². The summed E-state index contributed by atoms with van der Waals surface area (Å²) in [7, 11) is -2.31. The number of hydrogen-bond acceptors (Lipinski definition) is 6. The minimum absolute atomic E-state index is 0.116. The Labute approximate surface area is 128 Å². The van der Waals surface area contributed by atoms with Crippen LogP contribution in [0, 0.1) is 0 Å². The van der Waals surface area contributed by atoms with Gasteiger partial charge in [-0.05, 0) is 31.2 Å². The number of ether oxygens (including phenoxy) is 2. The van der Waals surface area contributed by atoms with Crippen molar-refractivity contribution in [1.29, 1.82) is 0 Å². The van der Waals surface area contributed by atoms with Gasteiger partial charge in [-0.1, -0.05) is 0 Å². The number of hydrogen-bond donors (Lipinski definition) is 2.